The number of anilines is 1. The number of sulfone groups is 1. The molecule has 0 spiro atoms. The zero-order chi connectivity index (χ0) is 18.0. The molecular weight excluding hydrogens is 356 g/mol. The van der Waals surface area contributed by atoms with Gasteiger partial charge in [0.05, 0.1) is 24.3 Å². The van der Waals surface area contributed by atoms with Gasteiger partial charge in [0.15, 0.2) is 14.9 Å². The summed E-state index contributed by atoms with van der Waals surface area (Å²) in [5.74, 6) is 1.09. The molecule has 2 aromatic rings. The number of aryl methyl sites for hydroxylation is 2. The number of nitrogens with zero attached hydrogens (tertiary/aromatic N) is 1. The van der Waals surface area contributed by atoms with Crippen LogP contribution in [0.5, 0.6) is 0 Å². The van der Waals surface area contributed by atoms with Gasteiger partial charge in [0.1, 0.15) is 5.76 Å². The molecule has 0 amide bonds. The third-order valence-corrected chi connectivity index (χ3v) is 6.53. The molecule has 0 radical (unpaired) electrons. The van der Waals surface area contributed by atoms with Crippen LogP contribution in [0.4, 0.5) is 5.69 Å². The van der Waals surface area contributed by atoms with Crippen LogP contribution in [0.15, 0.2) is 41.0 Å². The quantitative estimate of drug-likeness (QED) is 0.824. The van der Waals surface area contributed by atoms with Crippen LogP contribution in [0.1, 0.15) is 23.3 Å². The Kier molecular flexibility index (Phi) is 5.15. The monoisotopic (exact) mass is 378 g/mol. The highest BCUT2D eigenvalue weighted by atomic mass is 32.2. The molecule has 1 aliphatic heterocycles. The van der Waals surface area contributed by atoms with Gasteiger partial charge in [0.25, 0.3) is 0 Å². The van der Waals surface area contributed by atoms with Gasteiger partial charge in [0, 0.05) is 11.7 Å². The van der Waals surface area contributed by atoms with Gasteiger partial charge in [0.2, 0.25) is 0 Å². The van der Waals surface area contributed by atoms with E-state index in [-0.39, 0.29) is 17.5 Å². The molecule has 1 fully saturated rings. The molecule has 1 atom stereocenters. The number of nitrogens with one attached hydrogen (secondary N) is 1. The van der Waals surface area contributed by atoms with Crippen molar-refractivity contribution >= 4 is 32.9 Å². The maximum absolute atomic E-state index is 11.9. The van der Waals surface area contributed by atoms with Gasteiger partial charge in [-0.15, -0.1) is 0 Å². The van der Waals surface area contributed by atoms with Crippen molar-refractivity contribution in [2.45, 2.75) is 32.9 Å². The zero-order valence-corrected chi connectivity index (χ0v) is 16.0. The summed E-state index contributed by atoms with van der Waals surface area (Å²) in [5.41, 5.74) is 3.21. The first-order valence-corrected chi connectivity index (χ1v) is 10.4. The lowest BCUT2D eigenvalue weighted by molar-refractivity contribution is 0.302. The summed E-state index contributed by atoms with van der Waals surface area (Å²) in [6.45, 7) is 4.51. The molecule has 1 aromatic carbocycles. The third kappa shape index (κ3) is 4.41. The van der Waals surface area contributed by atoms with Crippen LogP contribution in [0.25, 0.3) is 0 Å². The highest BCUT2D eigenvalue weighted by Gasteiger charge is 2.34. The first-order chi connectivity index (χ1) is 11.8. The molecule has 2 heterocycles. The summed E-state index contributed by atoms with van der Waals surface area (Å²) in [6, 6.07) is 9.65. The van der Waals surface area contributed by atoms with E-state index < -0.39 is 9.84 Å². The summed E-state index contributed by atoms with van der Waals surface area (Å²) in [7, 11) is -3.00. The Morgan fingerprint density at radius 2 is 2.16 bits per heavy atom. The number of rotatable bonds is 4. The Hall–Kier alpha value is -1.86. The minimum absolute atomic E-state index is 0.127. The number of thiocarbonyl (C=S) groups is 1. The van der Waals surface area contributed by atoms with E-state index in [0.717, 1.165) is 17.0 Å². The van der Waals surface area contributed by atoms with E-state index in [2.05, 4.69) is 11.4 Å². The minimum atomic E-state index is -3.00. The topological polar surface area (TPSA) is 62.6 Å². The van der Waals surface area contributed by atoms with E-state index in [1.807, 2.05) is 43.0 Å². The Balaban J connectivity index is 1.81. The van der Waals surface area contributed by atoms with Crippen molar-refractivity contribution < 1.29 is 12.8 Å². The first kappa shape index (κ1) is 17.9. The molecule has 134 valence electrons. The van der Waals surface area contributed by atoms with Crippen molar-refractivity contribution in [3.05, 3.63) is 53.5 Å². The number of hydrogen-bond donors (Lipinski definition) is 1. The molecule has 0 bridgehead atoms. The zero-order valence-electron chi connectivity index (χ0n) is 14.4. The Bertz CT molecular complexity index is 860. The van der Waals surface area contributed by atoms with Gasteiger partial charge in [-0.2, -0.15) is 0 Å². The first-order valence-electron chi connectivity index (χ1n) is 8.22. The predicted molar refractivity (Wildman–Crippen MR) is 103 cm³/mol. The number of hydrogen-bond acceptors (Lipinski definition) is 4. The van der Waals surface area contributed by atoms with Crippen LogP contribution in [0.3, 0.4) is 0 Å². The SMILES string of the molecule is Cc1ccc(NC(=S)N(Cc2ccco2)[C@@H]2CCS(=O)(=O)C2)c(C)c1. The second-order valence-electron chi connectivity index (χ2n) is 6.51. The van der Waals surface area contributed by atoms with Crippen molar-refractivity contribution in [1.82, 2.24) is 4.90 Å². The molecule has 0 unspecified atom stereocenters. The van der Waals surface area contributed by atoms with E-state index in [9.17, 15) is 8.42 Å². The van der Waals surface area contributed by atoms with E-state index in [1.54, 1.807) is 6.26 Å². The van der Waals surface area contributed by atoms with Crippen molar-refractivity contribution in [3.8, 4) is 0 Å². The molecule has 1 aromatic heterocycles. The Labute approximate surface area is 153 Å². The molecule has 25 heavy (non-hydrogen) atoms. The molecule has 3 rings (SSSR count). The van der Waals surface area contributed by atoms with Crippen LogP contribution in [-0.2, 0) is 16.4 Å². The van der Waals surface area contributed by atoms with Gasteiger partial charge in [-0.3, -0.25) is 0 Å². The van der Waals surface area contributed by atoms with Gasteiger partial charge >= 0.3 is 0 Å². The lowest BCUT2D eigenvalue weighted by atomic mass is 10.1. The lowest BCUT2D eigenvalue weighted by Crippen LogP contribution is -2.43. The molecular formula is C18H22N2O3S2. The molecule has 7 heteroatoms. The largest absolute Gasteiger partial charge is 0.467 e. The fourth-order valence-electron chi connectivity index (χ4n) is 3.10. The second kappa shape index (κ2) is 7.17. The maximum atomic E-state index is 11.9. The van der Waals surface area contributed by atoms with Gasteiger partial charge in [-0.1, -0.05) is 17.7 Å². The third-order valence-electron chi connectivity index (χ3n) is 4.44. The van der Waals surface area contributed by atoms with Crippen molar-refractivity contribution in [2.75, 3.05) is 16.8 Å². The standard InChI is InChI=1S/C18H22N2O3S2/c1-13-5-6-17(14(2)10-13)19-18(24)20(11-16-4-3-8-23-16)15-7-9-25(21,22)12-15/h3-6,8,10,15H,7,9,11-12H2,1-2H3,(H,19,24)/t15-/m1/s1. The van der Waals surface area contributed by atoms with Crippen LogP contribution < -0.4 is 5.32 Å². The highest BCUT2D eigenvalue weighted by Crippen LogP contribution is 2.23. The average molecular weight is 379 g/mol. The van der Waals surface area contributed by atoms with E-state index in [4.69, 9.17) is 16.6 Å². The molecule has 5 nitrogen and oxygen atoms in total. The summed E-state index contributed by atoms with van der Waals surface area (Å²) in [6.07, 6.45) is 2.19. The molecule has 0 aliphatic carbocycles. The molecule has 1 saturated heterocycles. The van der Waals surface area contributed by atoms with E-state index in [1.165, 1.54) is 5.56 Å². The molecule has 1 N–H and O–H groups in total. The number of benzene rings is 1. The summed E-state index contributed by atoms with van der Waals surface area (Å²) >= 11 is 5.61. The highest BCUT2D eigenvalue weighted by molar-refractivity contribution is 7.91. The average Bonchev–Trinajstić information content (AvgIpc) is 3.16. The fraction of sp³-hybridized carbons (Fsp3) is 0.389. The van der Waals surface area contributed by atoms with Crippen LogP contribution >= 0.6 is 12.2 Å². The van der Waals surface area contributed by atoms with Crippen molar-refractivity contribution in [2.24, 2.45) is 0 Å². The smallest absolute Gasteiger partial charge is 0.174 e. The van der Waals surface area contributed by atoms with E-state index in [0.29, 0.717) is 18.1 Å². The van der Waals surface area contributed by atoms with Crippen LogP contribution in [0.2, 0.25) is 0 Å². The van der Waals surface area contributed by atoms with E-state index >= 15 is 0 Å². The summed E-state index contributed by atoms with van der Waals surface area (Å²) < 4.78 is 29.3. The van der Waals surface area contributed by atoms with Crippen molar-refractivity contribution in [1.29, 1.82) is 0 Å². The molecule has 0 saturated carbocycles. The predicted octanol–water partition coefficient (Wildman–Crippen LogP) is 3.28. The van der Waals surface area contributed by atoms with Gasteiger partial charge in [-0.25, -0.2) is 8.42 Å². The summed E-state index contributed by atoms with van der Waals surface area (Å²) in [5, 5.41) is 3.79. The van der Waals surface area contributed by atoms with Crippen molar-refractivity contribution in [3.63, 3.8) is 0 Å². The minimum Gasteiger partial charge on any atom is -0.467 e. The Morgan fingerprint density at radius 1 is 1.36 bits per heavy atom. The van der Waals surface area contributed by atoms with Crippen LogP contribution in [-0.4, -0.2) is 36.0 Å². The fourth-order valence-corrected chi connectivity index (χ4v) is 5.15. The Morgan fingerprint density at radius 3 is 2.76 bits per heavy atom. The van der Waals surface area contributed by atoms with Gasteiger partial charge < -0.3 is 14.6 Å². The normalized spacial score (nSPS) is 18.9. The lowest BCUT2D eigenvalue weighted by Gasteiger charge is -2.30. The second-order valence-corrected chi connectivity index (χ2v) is 9.13. The molecule has 1 aliphatic rings. The van der Waals surface area contributed by atoms with Gasteiger partial charge in [-0.05, 0) is 56.2 Å². The summed E-state index contributed by atoms with van der Waals surface area (Å²) in [4.78, 5) is 1.93. The number of furan rings is 1. The van der Waals surface area contributed by atoms with Crippen LogP contribution in [0, 0.1) is 13.8 Å². The maximum Gasteiger partial charge on any atom is 0.174 e.